The average Bonchev–Trinajstić information content (AvgIpc) is 3.32. The van der Waals surface area contributed by atoms with Crippen LogP contribution in [-0.4, -0.2) is 40.8 Å². The molecule has 1 aliphatic heterocycles. The summed E-state index contributed by atoms with van der Waals surface area (Å²) in [5.74, 6) is 0.883. The highest BCUT2D eigenvalue weighted by Crippen LogP contribution is 2.27. The number of fused-ring (bicyclic) bond motifs is 1. The molecule has 3 heterocycles. The van der Waals surface area contributed by atoms with Crippen molar-refractivity contribution in [2.24, 2.45) is 0 Å². The molecule has 0 bridgehead atoms. The summed E-state index contributed by atoms with van der Waals surface area (Å²) in [5, 5.41) is 5.29. The van der Waals surface area contributed by atoms with Gasteiger partial charge in [0.15, 0.2) is 0 Å². The second-order valence-corrected chi connectivity index (χ2v) is 6.42. The zero-order valence-corrected chi connectivity index (χ0v) is 14.2. The maximum atomic E-state index is 12.8. The summed E-state index contributed by atoms with van der Waals surface area (Å²) in [6.45, 7) is 1.52. The van der Waals surface area contributed by atoms with Crippen LogP contribution in [0.5, 0.6) is 5.75 Å². The van der Waals surface area contributed by atoms with Crippen LogP contribution in [0.3, 0.4) is 0 Å². The molecular weight excluding hydrogens is 318 g/mol. The molecule has 0 saturated carbocycles. The van der Waals surface area contributed by atoms with Gasteiger partial charge < -0.3 is 14.1 Å². The molecule has 1 fully saturated rings. The molecule has 6 heteroatoms. The lowest BCUT2D eigenvalue weighted by atomic mass is 10.0. The van der Waals surface area contributed by atoms with E-state index in [-0.39, 0.29) is 11.9 Å². The van der Waals surface area contributed by atoms with E-state index in [9.17, 15) is 4.79 Å². The molecule has 0 aliphatic carbocycles. The lowest BCUT2D eigenvalue weighted by molar-refractivity contribution is -0.132. The number of benzene rings is 1. The number of amides is 1. The summed E-state index contributed by atoms with van der Waals surface area (Å²) in [6, 6.07) is 7.87. The molecule has 25 heavy (non-hydrogen) atoms. The van der Waals surface area contributed by atoms with Gasteiger partial charge in [0, 0.05) is 42.5 Å². The first-order valence-corrected chi connectivity index (χ1v) is 8.55. The van der Waals surface area contributed by atoms with Crippen LogP contribution in [0.4, 0.5) is 0 Å². The Morgan fingerprint density at radius 2 is 2.36 bits per heavy atom. The third-order valence-electron chi connectivity index (χ3n) is 4.85. The lowest BCUT2D eigenvalue weighted by Gasteiger charge is -2.33. The monoisotopic (exact) mass is 339 g/mol. The van der Waals surface area contributed by atoms with Gasteiger partial charge in [0.25, 0.3) is 0 Å². The van der Waals surface area contributed by atoms with Crippen LogP contribution in [0.1, 0.15) is 24.4 Å². The lowest BCUT2D eigenvalue weighted by Crippen LogP contribution is -2.41. The molecule has 1 amide bonds. The summed E-state index contributed by atoms with van der Waals surface area (Å²) in [5.41, 5.74) is 1.67. The van der Waals surface area contributed by atoms with E-state index in [2.05, 4.69) is 5.10 Å². The highest BCUT2D eigenvalue weighted by Gasteiger charge is 2.25. The summed E-state index contributed by atoms with van der Waals surface area (Å²) in [6.07, 6.45) is 7.84. The molecule has 1 aliphatic rings. The van der Waals surface area contributed by atoms with E-state index >= 15 is 0 Å². The van der Waals surface area contributed by atoms with E-state index in [0.29, 0.717) is 13.0 Å². The Labute approximate surface area is 146 Å². The van der Waals surface area contributed by atoms with Gasteiger partial charge in [-0.25, -0.2) is 0 Å². The number of rotatable bonds is 4. The predicted molar refractivity (Wildman–Crippen MR) is 93.5 cm³/mol. The molecule has 1 atom stereocenters. The number of carbonyl (C=O) groups is 1. The Morgan fingerprint density at radius 1 is 1.44 bits per heavy atom. The summed E-state index contributed by atoms with van der Waals surface area (Å²) >= 11 is 0. The molecule has 0 spiro atoms. The number of likely N-dealkylation sites (tertiary alicyclic amines) is 1. The second-order valence-electron chi connectivity index (χ2n) is 6.42. The van der Waals surface area contributed by atoms with Gasteiger partial charge in [0.05, 0.1) is 25.8 Å². The largest absolute Gasteiger partial charge is 0.497 e. The van der Waals surface area contributed by atoms with Crippen molar-refractivity contribution in [1.82, 2.24) is 14.7 Å². The van der Waals surface area contributed by atoms with Gasteiger partial charge in [0.1, 0.15) is 11.3 Å². The SMILES string of the molecule is COc1ccc2c(CC(=O)N3CCC[C@H](n4cccn4)C3)coc2c1. The van der Waals surface area contributed by atoms with Gasteiger partial charge in [-0.15, -0.1) is 0 Å². The van der Waals surface area contributed by atoms with E-state index < -0.39 is 0 Å². The molecule has 6 nitrogen and oxygen atoms in total. The number of methoxy groups -OCH3 is 1. The van der Waals surface area contributed by atoms with Crippen molar-refractivity contribution in [3.05, 3.63) is 48.5 Å². The van der Waals surface area contributed by atoms with E-state index in [1.54, 1.807) is 19.6 Å². The van der Waals surface area contributed by atoms with Crippen LogP contribution in [0.15, 0.2) is 47.3 Å². The Balaban J connectivity index is 1.48. The van der Waals surface area contributed by atoms with E-state index in [1.165, 1.54) is 0 Å². The molecule has 1 aromatic carbocycles. The first-order valence-electron chi connectivity index (χ1n) is 8.55. The number of piperidine rings is 1. The summed E-state index contributed by atoms with van der Waals surface area (Å²) in [4.78, 5) is 14.7. The van der Waals surface area contributed by atoms with Gasteiger partial charge in [-0.1, -0.05) is 0 Å². The van der Waals surface area contributed by atoms with Gasteiger partial charge in [-0.2, -0.15) is 5.10 Å². The van der Waals surface area contributed by atoms with Crippen LogP contribution in [0.25, 0.3) is 11.0 Å². The predicted octanol–water partition coefficient (Wildman–Crippen LogP) is 3.04. The zero-order valence-electron chi connectivity index (χ0n) is 14.2. The van der Waals surface area contributed by atoms with Crippen LogP contribution in [0, 0.1) is 0 Å². The summed E-state index contributed by atoms with van der Waals surface area (Å²) in [7, 11) is 1.63. The fraction of sp³-hybridized carbons (Fsp3) is 0.368. The van der Waals surface area contributed by atoms with Gasteiger partial charge in [-0.3, -0.25) is 9.48 Å². The molecule has 4 rings (SSSR count). The molecule has 0 N–H and O–H groups in total. The Bertz CT molecular complexity index is 869. The number of furan rings is 1. The van der Waals surface area contributed by atoms with Crippen molar-refractivity contribution in [3.8, 4) is 5.75 Å². The quantitative estimate of drug-likeness (QED) is 0.733. The highest BCUT2D eigenvalue weighted by molar-refractivity contribution is 5.88. The van der Waals surface area contributed by atoms with E-state index in [1.807, 2.05) is 40.0 Å². The maximum absolute atomic E-state index is 12.8. The number of hydrogen-bond donors (Lipinski definition) is 0. The van der Waals surface area contributed by atoms with E-state index in [0.717, 1.165) is 41.7 Å². The molecule has 2 aromatic heterocycles. The first-order chi connectivity index (χ1) is 12.2. The molecule has 0 unspecified atom stereocenters. The smallest absolute Gasteiger partial charge is 0.227 e. The third-order valence-corrected chi connectivity index (χ3v) is 4.85. The van der Waals surface area contributed by atoms with Crippen LogP contribution >= 0.6 is 0 Å². The van der Waals surface area contributed by atoms with Crippen molar-refractivity contribution in [3.63, 3.8) is 0 Å². The van der Waals surface area contributed by atoms with Gasteiger partial charge in [0.2, 0.25) is 5.91 Å². The van der Waals surface area contributed by atoms with Crippen LogP contribution < -0.4 is 4.74 Å². The van der Waals surface area contributed by atoms with Crippen LogP contribution in [-0.2, 0) is 11.2 Å². The fourth-order valence-electron chi connectivity index (χ4n) is 3.50. The number of aromatic nitrogens is 2. The molecule has 0 radical (unpaired) electrons. The molecule has 130 valence electrons. The zero-order chi connectivity index (χ0) is 17.2. The molecule has 3 aromatic rings. The summed E-state index contributed by atoms with van der Waals surface area (Å²) < 4.78 is 12.8. The number of nitrogens with zero attached hydrogens (tertiary/aromatic N) is 3. The Morgan fingerprint density at radius 3 is 3.16 bits per heavy atom. The minimum Gasteiger partial charge on any atom is -0.497 e. The van der Waals surface area contributed by atoms with E-state index in [4.69, 9.17) is 9.15 Å². The Kier molecular flexibility index (Phi) is 4.17. The maximum Gasteiger partial charge on any atom is 0.227 e. The topological polar surface area (TPSA) is 60.5 Å². The first kappa shape index (κ1) is 15.7. The van der Waals surface area contributed by atoms with Crippen molar-refractivity contribution in [2.75, 3.05) is 20.2 Å². The number of hydrogen-bond acceptors (Lipinski definition) is 4. The van der Waals surface area contributed by atoms with Crippen molar-refractivity contribution >= 4 is 16.9 Å². The van der Waals surface area contributed by atoms with Crippen molar-refractivity contribution < 1.29 is 13.9 Å². The fourth-order valence-corrected chi connectivity index (χ4v) is 3.50. The van der Waals surface area contributed by atoms with Crippen molar-refractivity contribution in [2.45, 2.75) is 25.3 Å². The van der Waals surface area contributed by atoms with Crippen molar-refractivity contribution in [1.29, 1.82) is 0 Å². The third kappa shape index (κ3) is 3.12. The standard InChI is InChI=1S/C19H21N3O3/c1-24-16-5-6-17-14(13-25-18(17)11-16)10-19(23)21-8-2-4-15(12-21)22-9-3-7-20-22/h3,5-7,9,11,13,15H,2,4,8,10,12H2,1H3/t15-/m0/s1. The number of ether oxygens (including phenoxy) is 1. The molecule has 1 saturated heterocycles. The van der Waals surface area contributed by atoms with Gasteiger partial charge in [-0.05, 0) is 31.0 Å². The number of carbonyl (C=O) groups excluding carboxylic acids is 1. The Hall–Kier alpha value is -2.76. The van der Waals surface area contributed by atoms with Gasteiger partial charge >= 0.3 is 0 Å². The molecular formula is C19H21N3O3. The normalized spacial score (nSPS) is 17.8. The highest BCUT2D eigenvalue weighted by atomic mass is 16.5. The average molecular weight is 339 g/mol. The minimum atomic E-state index is 0.135. The second kappa shape index (κ2) is 6.63. The van der Waals surface area contributed by atoms with Crippen LogP contribution in [0.2, 0.25) is 0 Å². The minimum absolute atomic E-state index is 0.135.